The molecule has 3 rings (SSSR count). The standard InChI is InChI=1S/C19H16ClFO4/c1-11(18(22)12-2-5-16(21)6-3-12)25-19(23)14-8-13-9-15(20)4-7-17(13)24-10-14/h2-7,9,11,14H,8,10H2,1H3/t11-,14+/m0/s1. The van der Waals surface area contributed by atoms with Crippen LogP contribution in [0.25, 0.3) is 0 Å². The number of rotatable bonds is 4. The molecule has 0 radical (unpaired) electrons. The van der Waals surface area contributed by atoms with E-state index in [1.54, 1.807) is 18.2 Å². The van der Waals surface area contributed by atoms with Gasteiger partial charge in [-0.25, -0.2) is 4.39 Å². The fourth-order valence-electron chi connectivity index (χ4n) is 2.69. The summed E-state index contributed by atoms with van der Waals surface area (Å²) in [4.78, 5) is 24.6. The Balaban J connectivity index is 1.64. The van der Waals surface area contributed by atoms with E-state index in [9.17, 15) is 14.0 Å². The molecule has 25 heavy (non-hydrogen) atoms. The van der Waals surface area contributed by atoms with Crippen molar-refractivity contribution in [2.45, 2.75) is 19.4 Å². The van der Waals surface area contributed by atoms with E-state index in [0.29, 0.717) is 22.8 Å². The van der Waals surface area contributed by atoms with E-state index in [4.69, 9.17) is 21.1 Å². The molecule has 130 valence electrons. The van der Waals surface area contributed by atoms with Gasteiger partial charge >= 0.3 is 5.97 Å². The average Bonchev–Trinajstić information content (AvgIpc) is 2.61. The molecule has 2 aromatic carbocycles. The molecule has 2 atom stereocenters. The Morgan fingerprint density at radius 1 is 1.24 bits per heavy atom. The van der Waals surface area contributed by atoms with Gasteiger partial charge in [-0.3, -0.25) is 9.59 Å². The topological polar surface area (TPSA) is 52.6 Å². The third-order valence-corrected chi connectivity index (χ3v) is 4.29. The third-order valence-electron chi connectivity index (χ3n) is 4.05. The number of hydrogen-bond donors (Lipinski definition) is 0. The van der Waals surface area contributed by atoms with Crippen molar-refractivity contribution in [2.24, 2.45) is 5.92 Å². The Bertz CT molecular complexity index is 804. The molecule has 0 spiro atoms. The highest BCUT2D eigenvalue weighted by Crippen LogP contribution is 2.30. The van der Waals surface area contributed by atoms with Crippen LogP contribution in [0.4, 0.5) is 4.39 Å². The molecule has 2 aromatic rings. The van der Waals surface area contributed by atoms with Gasteiger partial charge in [0.05, 0.1) is 5.92 Å². The molecule has 0 bridgehead atoms. The number of hydrogen-bond acceptors (Lipinski definition) is 4. The molecule has 0 fully saturated rings. The zero-order chi connectivity index (χ0) is 18.0. The SMILES string of the molecule is C[C@H](OC(=O)[C@H]1COc2ccc(Cl)cc2C1)C(=O)c1ccc(F)cc1. The highest BCUT2D eigenvalue weighted by atomic mass is 35.5. The number of ketones is 1. The predicted molar refractivity (Wildman–Crippen MR) is 90.4 cm³/mol. The Morgan fingerprint density at radius 3 is 2.68 bits per heavy atom. The maximum absolute atomic E-state index is 12.9. The molecular weight excluding hydrogens is 347 g/mol. The fraction of sp³-hybridized carbons (Fsp3) is 0.263. The number of ether oxygens (including phenoxy) is 2. The van der Waals surface area contributed by atoms with Crippen LogP contribution in [-0.2, 0) is 16.0 Å². The van der Waals surface area contributed by atoms with E-state index in [1.807, 2.05) is 0 Å². The minimum atomic E-state index is -0.960. The van der Waals surface area contributed by atoms with Gasteiger partial charge in [-0.15, -0.1) is 0 Å². The summed E-state index contributed by atoms with van der Waals surface area (Å²) in [6.45, 7) is 1.68. The summed E-state index contributed by atoms with van der Waals surface area (Å²) in [6, 6.07) is 10.4. The van der Waals surface area contributed by atoms with Gasteiger partial charge in [0, 0.05) is 10.6 Å². The first-order chi connectivity index (χ1) is 11.9. The van der Waals surface area contributed by atoms with Crippen LogP contribution in [0.2, 0.25) is 5.02 Å². The summed E-state index contributed by atoms with van der Waals surface area (Å²) in [5.41, 5.74) is 1.12. The molecule has 0 aromatic heterocycles. The lowest BCUT2D eigenvalue weighted by Gasteiger charge is -2.25. The molecule has 0 aliphatic carbocycles. The van der Waals surface area contributed by atoms with Gasteiger partial charge in [0.25, 0.3) is 0 Å². The molecule has 1 heterocycles. The second-order valence-corrected chi connectivity index (χ2v) is 6.35. The molecule has 0 unspecified atom stereocenters. The van der Waals surface area contributed by atoms with Crippen LogP contribution in [0.3, 0.4) is 0 Å². The summed E-state index contributed by atoms with van der Waals surface area (Å²) in [7, 11) is 0. The summed E-state index contributed by atoms with van der Waals surface area (Å²) >= 11 is 5.97. The van der Waals surface area contributed by atoms with Crippen molar-refractivity contribution in [3.63, 3.8) is 0 Å². The minimum absolute atomic E-state index is 0.185. The Labute approximate surface area is 149 Å². The van der Waals surface area contributed by atoms with E-state index in [1.165, 1.54) is 31.2 Å². The van der Waals surface area contributed by atoms with Gasteiger partial charge in [-0.2, -0.15) is 0 Å². The molecule has 0 N–H and O–H groups in total. The van der Waals surface area contributed by atoms with Gasteiger partial charge in [-0.05, 0) is 61.4 Å². The first kappa shape index (κ1) is 17.4. The molecular formula is C19H16ClFO4. The number of fused-ring (bicyclic) bond motifs is 1. The molecule has 4 nitrogen and oxygen atoms in total. The smallest absolute Gasteiger partial charge is 0.313 e. The lowest BCUT2D eigenvalue weighted by atomic mass is 9.97. The minimum Gasteiger partial charge on any atom is -0.492 e. The van der Waals surface area contributed by atoms with Crippen molar-refractivity contribution in [1.29, 1.82) is 0 Å². The highest BCUT2D eigenvalue weighted by Gasteiger charge is 2.30. The largest absolute Gasteiger partial charge is 0.492 e. The third kappa shape index (κ3) is 3.99. The van der Waals surface area contributed by atoms with Crippen LogP contribution < -0.4 is 4.74 Å². The number of carbonyl (C=O) groups is 2. The molecule has 0 saturated heterocycles. The van der Waals surface area contributed by atoms with Gasteiger partial charge in [0.1, 0.15) is 18.2 Å². The van der Waals surface area contributed by atoms with E-state index >= 15 is 0 Å². The van der Waals surface area contributed by atoms with E-state index in [-0.39, 0.29) is 12.4 Å². The number of carbonyl (C=O) groups excluding carboxylic acids is 2. The second kappa shape index (κ2) is 7.23. The predicted octanol–water partition coefficient (Wildman–Crippen LogP) is 3.84. The first-order valence-corrected chi connectivity index (χ1v) is 8.23. The van der Waals surface area contributed by atoms with Crippen LogP contribution >= 0.6 is 11.6 Å². The van der Waals surface area contributed by atoms with Crippen molar-refractivity contribution in [3.05, 3.63) is 64.4 Å². The first-order valence-electron chi connectivity index (χ1n) is 7.85. The average molecular weight is 363 g/mol. The van der Waals surface area contributed by atoms with Crippen LogP contribution in [-0.4, -0.2) is 24.5 Å². The van der Waals surface area contributed by atoms with Crippen LogP contribution in [0.5, 0.6) is 5.75 Å². The van der Waals surface area contributed by atoms with Crippen LogP contribution in [0.15, 0.2) is 42.5 Å². The van der Waals surface area contributed by atoms with Gasteiger partial charge in [-0.1, -0.05) is 11.6 Å². The normalized spacial score (nSPS) is 17.2. The lowest BCUT2D eigenvalue weighted by Crippen LogP contribution is -2.34. The number of Topliss-reactive ketones (excluding diaryl/α,β-unsaturated/α-hetero) is 1. The number of benzene rings is 2. The second-order valence-electron chi connectivity index (χ2n) is 5.91. The van der Waals surface area contributed by atoms with Crippen molar-refractivity contribution in [3.8, 4) is 5.75 Å². The highest BCUT2D eigenvalue weighted by molar-refractivity contribution is 6.30. The summed E-state index contributed by atoms with van der Waals surface area (Å²) in [5, 5.41) is 0.566. The van der Waals surface area contributed by atoms with Crippen molar-refractivity contribution in [1.82, 2.24) is 0 Å². The zero-order valence-corrected chi connectivity index (χ0v) is 14.3. The summed E-state index contributed by atoms with van der Waals surface area (Å²) < 4.78 is 23.8. The Kier molecular flexibility index (Phi) is 5.04. The van der Waals surface area contributed by atoms with Crippen molar-refractivity contribution < 1.29 is 23.5 Å². The molecule has 1 aliphatic rings. The fourth-order valence-corrected chi connectivity index (χ4v) is 2.88. The summed E-state index contributed by atoms with van der Waals surface area (Å²) in [6.07, 6.45) is -0.523. The molecule has 1 aliphatic heterocycles. The Hall–Kier alpha value is -2.40. The molecule has 0 amide bonds. The monoisotopic (exact) mass is 362 g/mol. The maximum atomic E-state index is 12.9. The maximum Gasteiger partial charge on any atom is 0.313 e. The number of esters is 1. The zero-order valence-electron chi connectivity index (χ0n) is 13.5. The van der Waals surface area contributed by atoms with Gasteiger partial charge in [0.15, 0.2) is 6.10 Å². The van der Waals surface area contributed by atoms with E-state index in [0.717, 1.165) is 5.56 Å². The molecule has 0 saturated carbocycles. The summed E-state index contributed by atoms with van der Waals surface area (Å²) in [5.74, 6) is -1.13. The van der Waals surface area contributed by atoms with E-state index < -0.39 is 23.8 Å². The van der Waals surface area contributed by atoms with Gasteiger partial charge < -0.3 is 9.47 Å². The quantitative estimate of drug-likeness (QED) is 0.612. The van der Waals surface area contributed by atoms with Crippen LogP contribution in [0, 0.1) is 11.7 Å². The number of halogens is 2. The van der Waals surface area contributed by atoms with Crippen LogP contribution in [0.1, 0.15) is 22.8 Å². The Morgan fingerprint density at radius 2 is 1.96 bits per heavy atom. The lowest BCUT2D eigenvalue weighted by molar-refractivity contribution is -0.152. The van der Waals surface area contributed by atoms with Crippen molar-refractivity contribution in [2.75, 3.05) is 6.61 Å². The van der Waals surface area contributed by atoms with E-state index in [2.05, 4.69) is 0 Å². The molecule has 6 heteroatoms. The van der Waals surface area contributed by atoms with Gasteiger partial charge in [0.2, 0.25) is 5.78 Å². The van der Waals surface area contributed by atoms with Crippen molar-refractivity contribution >= 4 is 23.4 Å².